The zero-order valence-electron chi connectivity index (χ0n) is 14.0. The number of nitrogens with one attached hydrogen (secondary N) is 1. The fourth-order valence-electron chi connectivity index (χ4n) is 2.83. The molecule has 2 N–H and O–H groups in total. The van der Waals surface area contributed by atoms with Crippen molar-refractivity contribution in [1.82, 2.24) is 14.5 Å². The number of rotatable bonds is 5. The second-order valence-corrected chi connectivity index (χ2v) is 5.77. The van der Waals surface area contributed by atoms with Crippen molar-refractivity contribution in [1.29, 1.82) is 0 Å². The van der Waals surface area contributed by atoms with Crippen molar-refractivity contribution in [2.24, 2.45) is 0 Å². The minimum Gasteiger partial charge on any atom is -0.508 e. The van der Waals surface area contributed by atoms with Gasteiger partial charge in [-0.1, -0.05) is 13.8 Å². The second-order valence-electron chi connectivity index (χ2n) is 5.77. The number of anilines is 2. The summed E-state index contributed by atoms with van der Waals surface area (Å²) in [5.74, 6) is -0.596. The number of pyridine rings is 1. The maximum Gasteiger partial charge on any atom is 0.252 e. The predicted octanol–water partition coefficient (Wildman–Crippen LogP) is 3.74. The van der Waals surface area contributed by atoms with Gasteiger partial charge in [0.1, 0.15) is 17.2 Å². The van der Waals surface area contributed by atoms with Crippen LogP contribution < -0.4 is 10.9 Å². The van der Waals surface area contributed by atoms with E-state index in [1.165, 1.54) is 18.2 Å². The number of nitrogens with zero attached hydrogens (tertiary/aromatic N) is 3. The van der Waals surface area contributed by atoms with Gasteiger partial charge < -0.3 is 10.4 Å². The van der Waals surface area contributed by atoms with E-state index < -0.39 is 5.82 Å². The number of benzene rings is 1. The van der Waals surface area contributed by atoms with E-state index in [9.17, 15) is 14.3 Å². The molecule has 0 fully saturated rings. The van der Waals surface area contributed by atoms with Crippen molar-refractivity contribution >= 4 is 22.7 Å². The summed E-state index contributed by atoms with van der Waals surface area (Å²) in [6.45, 7) is 4.04. The van der Waals surface area contributed by atoms with Crippen LogP contribution in [0.15, 0.2) is 41.3 Å². The average molecular weight is 342 g/mol. The van der Waals surface area contributed by atoms with Gasteiger partial charge in [0, 0.05) is 29.8 Å². The molecule has 0 bridgehead atoms. The van der Waals surface area contributed by atoms with Gasteiger partial charge in [0.05, 0.1) is 5.69 Å². The first-order valence-electron chi connectivity index (χ1n) is 8.17. The summed E-state index contributed by atoms with van der Waals surface area (Å²) in [6.07, 6.45) is 3.20. The Morgan fingerprint density at radius 2 is 2.00 bits per heavy atom. The molecule has 0 atom stereocenters. The summed E-state index contributed by atoms with van der Waals surface area (Å²) in [7, 11) is 0. The van der Waals surface area contributed by atoms with E-state index in [1.54, 1.807) is 16.8 Å². The topological polar surface area (TPSA) is 80.0 Å². The van der Waals surface area contributed by atoms with E-state index in [-0.39, 0.29) is 29.0 Å². The Kier molecular flexibility index (Phi) is 4.65. The highest BCUT2D eigenvalue weighted by Crippen LogP contribution is 2.24. The van der Waals surface area contributed by atoms with E-state index >= 15 is 0 Å². The van der Waals surface area contributed by atoms with Gasteiger partial charge >= 0.3 is 0 Å². The number of hydrogen-bond donors (Lipinski definition) is 2. The van der Waals surface area contributed by atoms with Crippen LogP contribution in [0.25, 0.3) is 11.0 Å². The smallest absolute Gasteiger partial charge is 0.252 e. The largest absolute Gasteiger partial charge is 0.508 e. The molecule has 2 heterocycles. The third-order valence-electron chi connectivity index (χ3n) is 4.17. The summed E-state index contributed by atoms with van der Waals surface area (Å²) >= 11 is 0. The van der Waals surface area contributed by atoms with Gasteiger partial charge in [-0.2, -0.15) is 4.98 Å². The molecule has 25 heavy (non-hydrogen) atoms. The third kappa shape index (κ3) is 3.31. The summed E-state index contributed by atoms with van der Waals surface area (Å²) in [5.41, 5.74) is 0.532. The Hall–Kier alpha value is -2.96. The average Bonchev–Trinajstić information content (AvgIpc) is 2.60. The van der Waals surface area contributed by atoms with Crippen molar-refractivity contribution in [3.8, 4) is 5.75 Å². The normalized spacial score (nSPS) is 11.2. The number of hydrogen-bond acceptors (Lipinski definition) is 5. The van der Waals surface area contributed by atoms with Crippen molar-refractivity contribution in [2.45, 2.75) is 32.7 Å². The summed E-state index contributed by atoms with van der Waals surface area (Å²) in [6, 6.07) is 7.00. The Balaban J connectivity index is 2.09. The van der Waals surface area contributed by atoms with Gasteiger partial charge in [0.15, 0.2) is 0 Å². The molecule has 0 unspecified atom stereocenters. The maximum atomic E-state index is 13.9. The van der Waals surface area contributed by atoms with E-state index in [4.69, 9.17) is 0 Å². The van der Waals surface area contributed by atoms with Gasteiger partial charge in [0.25, 0.3) is 5.56 Å². The van der Waals surface area contributed by atoms with Crippen LogP contribution in [0.3, 0.4) is 0 Å². The molecule has 130 valence electrons. The number of halogens is 1. The molecule has 0 spiro atoms. The number of aromatic nitrogens is 3. The summed E-state index contributed by atoms with van der Waals surface area (Å²) in [4.78, 5) is 21.0. The van der Waals surface area contributed by atoms with Gasteiger partial charge in [0.2, 0.25) is 5.95 Å². The van der Waals surface area contributed by atoms with Crippen molar-refractivity contribution in [2.75, 3.05) is 5.32 Å². The van der Waals surface area contributed by atoms with Crippen molar-refractivity contribution in [3.05, 3.63) is 52.7 Å². The Bertz CT molecular complexity index is 967. The molecule has 2 aromatic heterocycles. The van der Waals surface area contributed by atoms with Crippen LogP contribution >= 0.6 is 0 Å². The van der Waals surface area contributed by atoms with E-state index in [2.05, 4.69) is 15.3 Å². The molecule has 3 rings (SSSR count). The first-order valence-corrected chi connectivity index (χ1v) is 8.17. The lowest BCUT2D eigenvalue weighted by atomic mass is 10.1. The monoisotopic (exact) mass is 342 g/mol. The molecule has 0 aliphatic carbocycles. The van der Waals surface area contributed by atoms with Crippen molar-refractivity contribution < 1.29 is 9.50 Å². The molecule has 0 radical (unpaired) electrons. The fourth-order valence-corrected chi connectivity index (χ4v) is 2.83. The van der Waals surface area contributed by atoms with E-state index in [0.29, 0.717) is 5.65 Å². The van der Waals surface area contributed by atoms with E-state index in [1.807, 2.05) is 13.8 Å². The molecular weight excluding hydrogens is 323 g/mol. The standard InChI is InChI=1S/C18H19FN4O2/c1-3-12(4-2)23-16(25)8-5-11-10-20-18(22-17(11)23)21-15-7-6-13(24)9-14(15)19/h5-10,12,24H,3-4H2,1-2H3,(H,20,21,22). The summed E-state index contributed by atoms with van der Waals surface area (Å²) < 4.78 is 15.6. The second kappa shape index (κ2) is 6.88. The van der Waals surface area contributed by atoms with Crippen LogP contribution in [-0.4, -0.2) is 19.6 Å². The van der Waals surface area contributed by atoms with Gasteiger partial charge in [-0.05, 0) is 31.0 Å². The Labute approximate surface area is 144 Å². The lowest BCUT2D eigenvalue weighted by Crippen LogP contribution is -2.24. The molecule has 0 saturated carbocycles. The maximum absolute atomic E-state index is 13.9. The molecule has 0 saturated heterocycles. The van der Waals surface area contributed by atoms with Crippen LogP contribution in [0, 0.1) is 5.82 Å². The van der Waals surface area contributed by atoms with Crippen LogP contribution in [-0.2, 0) is 0 Å². The third-order valence-corrected chi connectivity index (χ3v) is 4.17. The lowest BCUT2D eigenvalue weighted by molar-refractivity contribution is 0.469. The minimum atomic E-state index is -0.617. The van der Waals surface area contributed by atoms with Gasteiger partial charge in [-0.25, -0.2) is 9.37 Å². The highest BCUT2D eigenvalue weighted by Gasteiger charge is 2.14. The van der Waals surface area contributed by atoms with Crippen molar-refractivity contribution in [3.63, 3.8) is 0 Å². The van der Waals surface area contributed by atoms with Gasteiger partial charge in [-0.3, -0.25) is 9.36 Å². The molecule has 3 aromatic rings. The van der Waals surface area contributed by atoms with E-state index in [0.717, 1.165) is 24.3 Å². The SMILES string of the molecule is CCC(CC)n1c(=O)ccc2cnc(Nc3ccc(O)cc3F)nc21. The fraction of sp³-hybridized carbons (Fsp3) is 0.278. The zero-order valence-corrected chi connectivity index (χ0v) is 14.0. The van der Waals surface area contributed by atoms with Crippen LogP contribution in [0.2, 0.25) is 0 Å². The van der Waals surface area contributed by atoms with Gasteiger partial charge in [-0.15, -0.1) is 0 Å². The molecule has 1 aromatic carbocycles. The molecule has 0 aliphatic rings. The Morgan fingerprint density at radius 3 is 2.68 bits per heavy atom. The number of phenols is 1. The molecular formula is C18H19FN4O2. The molecule has 6 nitrogen and oxygen atoms in total. The molecule has 0 aliphatic heterocycles. The molecule has 0 amide bonds. The first-order chi connectivity index (χ1) is 12.0. The minimum absolute atomic E-state index is 0.0318. The number of phenolic OH excluding ortho intramolecular Hbond substituents is 1. The quantitative estimate of drug-likeness (QED) is 0.691. The highest BCUT2D eigenvalue weighted by atomic mass is 19.1. The first kappa shape index (κ1) is 16.9. The van der Waals surface area contributed by atoms with Crippen LogP contribution in [0.1, 0.15) is 32.7 Å². The van der Waals surface area contributed by atoms with Crippen LogP contribution in [0.4, 0.5) is 16.0 Å². The Morgan fingerprint density at radius 1 is 1.24 bits per heavy atom. The highest BCUT2D eigenvalue weighted by molar-refractivity contribution is 5.75. The predicted molar refractivity (Wildman–Crippen MR) is 94.8 cm³/mol. The number of fused-ring (bicyclic) bond motifs is 1. The lowest BCUT2D eigenvalue weighted by Gasteiger charge is -2.18. The number of aromatic hydroxyl groups is 1. The summed E-state index contributed by atoms with van der Waals surface area (Å²) in [5, 5.41) is 12.8. The van der Waals surface area contributed by atoms with Crippen LogP contribution in [0.5, 0.6) is 5.75 Å². The molecule has 7 heteroatoms. The zero-order chi connectivity index (χ0) is 18.0.